The van der Waals surface area contributed by atoms with Crippen LogP contribution in [-0.4, -0.2) is 5.78 Å². The second kappa shape index (κ2) is 3.49. The van der Waals surface area contributed by atoms with Crippen LogP contribution in [0, 0.1) is 11.8 Å². The minimum Gasteiger partial charge on any atom is -0.294 e. The number of carbonyl (C=O) groups excluding carboxylic acids is 1. The molecule has 0 bridgehead atoms. The Labute approximate surface area is 79.5 Å². The van der Waals surface area contributed by atoms with Gasteiger partial charge in [-0.1, -0.05) is 25.0 Å². The van der Waals surface area contributed by atoms with Crippen LogP contribution in [0.3, 0.4) is 0 Å². The average molecular weight is 176 g/mol. The largest absolute Gasteiger partial charge is 0.294 e. The number of allylic oxidation sites excluding steroid dienone is 3. The van der Waals surface area contributed by atoms with Crippen LogP contribution in [0.25, 0.3) is 0 Å². The zero-order valence-electron chi connectivity index (χ0n) is 7.96. The molecule has 1 nitrogen and oxygen atoms in total. The van der Waals surface area contributed by atoms with E-state index in [1.54, 1.807) is 0 Å². The maximum Gasteiger partial charge on any atom is 0.162 e. The fraction of sp³-hybridized carbons (Fsp3) is 0.583. The summed E-state index contributed by atoms with van der Waals surface area (Å²) >= 11 is 0. The second-order valence-corrected chi connectivity index (χ2v) is 4.10. The van der Waals surface area contributed by atoms with Crippen molar-refractivity contribution < 1.29 is 4.79 Å². The molecular formula is C12H16O. The Kier molecular flexibility index (Phi) is 2.34. The Morgan fingerprint density at radius 3 is 2.92 bits per heavy atom. The maximum atomic E-state index is 11.8. The van der Waals surface area contributed by atoms with E-state index in [0.717, 1.165) is 18.4 Å². The Bertz CT molecular complexity index is 262. The summed E-state index contributed by atoms with van der Waals surface area (Å²) in [7, 11) is 0. The van der Waals surface area contributed by atoms with Crippen molar-refractivity contribution in [2.75, 3.05) is 0 Å². The van der Waals surface area contributed by atoms with Crippen molar-refractivity contribution in [2.24, 2.45) is 11.8 Å². The number of ketones is 1. The standard InChI is InChI=1S/C12H16O/c1-2-5-10-8-9-6-3-4-7-11(9)12(10)13/h2,8-9,11H,1,3-7H2. The van der Waals surface area contributed by atoms with Gasteiger partial charge in [0.05, 0.1) is 0 Å². The summed E-state index contributed by atoms with van der Waals surface area (Å²) in [6, 6.07) is 0. The molecule has 1 saturated carbocycles. The molecule has 0 N–H and O–H groups in total. The SMILES string of the molecule is C=CCC1=CC2CCCCC2C1=O. The molecule has 0 aliphatic heterocycles. The lowest BCUT2D eigenvalue weighted by molar-refractivity contribution is -0.120. The van der Waals surface area contributed by atoms with Gasteiger partial charge in [0.1, 0.15) is 0 Å². The van der Waals surface area contributed by atoms with Gasteiger partial charge in [0.25, 0.3) is 0 Å². The van der Waals surface area contributed by atoms with Gasteiger partial charge in [-0.15, -0.1) is 6.58 Å². The van der Waals surface area contributed by atoms with Crippen LogP contribution in [0.15, 0.2) is 24.3 Å². The maximum absolute atomic E-state index is 11.8. The van der Waals surface area contributed by atoms with E-state index in [1.165, 1.54) is 19.3 Å². The molecule has 0 radical (unpaired) electrons. The van der Waals surface area contributed by atoms with Crippen molar-refractivity contribution in [3.8, 4) is 0 Å². The minimum absolute atomic E-state index is 0.337. The number of rotatable bonds is 2. The molecule has 0 spiro atoms. The predicted molar refractivity (Wildman–Crippen MR) is 53.4 cm³/mol. The molecule has 2 aliphatic carbocycles. The summed E-state index contributed by atoms with van der Waals surface area (Å²) < 4.78 is 0. The van der Waals surface area contributed by atoms with Gasteiger partial charge in [0.2, 0.25) is 0 Å². The molecule has 0 saturated heterocycles. The third-order valence-corrected chi connectivity index (χ3v) is 3.25. The monoisotopic (exact) mass is 176 g/mol. The summed E-state index contributed by atoms with van der Waals surface area (Å²) in [6.45, 7) is 3.68. The van der Waals surface area contributed by atoms with Gasteiger partial charge in [-0.2, -0.15) is 0 Å². The third kappa shape index (κ3) is 1.48. The molecule has 1 fully saturated rings. The Balaban J connectivity index is 2.14. The molecule has 2 atom stereocenters. The smallest absolute Gasteiger partial charge is 0.162 e. The van der Waals surface area contributed by atoms with Crippen LogP contribution < -0.4 is 0 Å². The van der Waals surface area contributed by atoms with E-state index in [0.29, 0.717) is 17.6 Å². The molecule has 0 aromatic carbocycles. The Hall–Kier alpha value is -0.850. The number of carbonyl (C=O) groups is 1. The van der Waals surface area contributed by atoms with Crippen LogP contribution in [0.5, 0.6) is 0 Å². The molecule has 2 rings (SSSR count). The summed E-state index contributed by atoms with van der Waals surface area (Å²) in [5.74, 6) is 1.31. The molecule has 1 heteroatoms. The highest BCUT2D eigenvalue weighted by molar-refractivity contribution is 6.00. The van der Waals surface area contributed by atoms with Gasteiger partial charge in [-0.3, -0.25) is 4.79 Å². The third-order valence-electron chi connectivity index (χ3n) is 3.25. The molecule has 0 amide bonds. The minimum atomic E-state index is 0.337. The number of Topliss-reactive ketones (excluding diaryl/α,β-unsaturated/α-hetero) is 1. The van der Waals surface area contributed by atoms with E-state index in [1.807, 2.05) is 6.08 Å². The lowest BCUT2D eigenvalue weighted by Crippen LogP contribution is -2.20. The van der Waals surface area contributed by atoms with Crippen molar-refractivity contribution in [2.45, 2.75) is 32.1 Å². The topological polar surface area (TPSA) is 17.1 Å². The lowest BCUT2D eigenvalue weighted by Gasteiger charge is -2.22. The van der Waals surface area contributed by atoms with Gasteiger partial charge < -0.3 is 0 Å². The highest BCUT2D eigenvalue weighted by Crippen LogP contribution is 2.39. The zero-order chi connectivity index (χ0) is 9.26. The van der Waals surface area contributed by atoms with E-state index in [4.69, 9.17) is 0 Å². The normalized spacial score (nSPS) is 32.6. The van der Waals surface area contributed by atoms with Crippen molar-refractivity contribution in [1.29, 1.82) is 0 Å². The van der Waals surface area contributed by atoms with E-state index in [9.17, 15) is 4.79 Å². The summed E-state index contributed by atoms with van der Waals surface area (Å²) in [5, 5.41) is 0. The van der Waals surface area contributed by atoms with Crippen molar-refractivity contribution in [3.63, 3.8) is 0 Å². The van der Waals surface area contributed by atoms with Crippen molar-refractivity contribution in [1.82, 2.24) is 0 Å². The van der Waals surface area contributed by atoms with Gasteiger partial charge in [-0.05, 0) is 30.8 Å². The predicted octanol–water partition coefficient (Wildman–Crippen LogP) is 2.88. The van der Waals surface area contributed by atoms with Crippen LogP contribution in [-0.2, 0) is 4.79 Å². The highest BCUT2D eigenvalue weighted by atomic mass is 16.1. The van der Waals surface area contributed by atoms with Crippen LogP contribution >= 0.6 is 0 Å². The highest BCUT2D eigenvalue weighted by Gasteiger charge is 2.36. The first kappa shape index (κ1) is 8.74. The Morgan fingerprint density at radius 2 is 2.23 bits per heavy atom. The van der Waals surface area contributed by atoms with Crippen LogP contribution in [0.2, 0.25) is 0 Å². The summed E-state index contributed by atoms with van der Waals surface area (Å²) in [6.07, 6.45) is 9.67. The van der Waals surface area contributed by atoms with Gasteiger partial charge in [-0.25, -0.2) is 0 Å². The molecule has 0 aromatic heterocycles. The van der Waals surface area contributed by atoms with Gasteiger partial charge >= 0.3 is 0 Å². The zero-order valence-corrected chi connectivity index (χ0v) is 7.96. The molecule has 0 heterocycles. The van der Waals surface area contributed by atoms with E-state index in [-0.39, 0.29) is 0 Å². The number of hydrogen-bond acceptors (Lipinski definition) is 1. The van der Waals surface area contributed by atoms with Gasteiger partial charge in [0.15, 0.2) is 5.78 Å². The fourth-order valence-corrected chi connectivity index (χ4v) is 2.59. The van der Waals surface area contributed by atoms with Crippen LogP contribution in [0.4, 0.5) is 0 Å². The summed E-state index contributed by atoms with van der Waals surface area (Å²) in [5.41, 5.74) is 1.02. The first-order chi connectivity index (χ1) is 6.33. The quantitative estimate of drug-likeness (QED) is 0.591. The second-order valence-electron chi connectivity index (χ2n) is 4.10. The molecule has 2 unspecified atom stereocenters. The number of hydrogen-bond donors (Lipinski definition) is 0. The van der Waals surface area contributed by atoms with E-state index in [2.05, 4.69) is 12.7 Å². The molecule has 2 aliphatic rings. The van der Waals surface area contributed by atoms with E-state index >= 15 is 0 Å². The average Bonchev–Trinajstić information content (AvgIpc) is 2.46. The van der Waals surface area contributed by atoms with Crippen molar-refractivity contribution >= 4 is 5.78 Å². The summed E-state index contributed by atoms with van der Waals surface area (Å²) in [4.78, 5) is 11.8. The van der Waals surface area contributed by atoms with Gasteiger partial charge in [0, 0.05) is 5.92 Å². The van der Waals surface area contributed by atoms with Crippen molar-refractivity contribution in [3.05, 3.63) is 24.3 Å². The number of fused-ring (bicyclic) bond motifs is 1. The molecular weight excluding hydrogens is 160 g/mol. The lowest BCUT2D eigenvalue weighted by atomic mass is 9.81. The first-order valence-electron chi connectivity index (χ1n) is 5.18. The molecule has 70 valence electrons. The van der Waals surface area contributed by atoms with Crippen LogP contribution in [0.1, 0.15) is 32.1 Å². The first-order valence-corrected chi connectivity index (χ1v) is 5.18. The molecule has 13 heavy (non-hydrogen) atoms. The molecule has 0 aromatic rings. The Morgan fingerprint density at radius 1 is 1.46 bits per heavy atom. The van der Waals surface area contributed by atoms with E-state index < -0.39 is 0 Å². The fourth-order valence-electron chi connectivity index (χ4n) is 2.59.